The first kappa shape index (κ1) is 23.4. The smallest absolute Gasteiger partial charge is 0.0412 e. The lowest BCUT2D eigenvalue weighted by Gasteiger charge is -2.30. The molecule has 1 aliphatic carbocycles. The molecule has 1 rings (SSSR count). The Labute approximate surface area is 151 Å². The third kappa shape index (κ3) is 8.90. The van der Waals surface area contributed by atoms with Crippen LogP contribution in [0, 0.1) is 29.6 Å². The monoisotopic (exact) mass is 342 g/mol. The molecule has 1 aliphatic rings. The lowest BCUT2D eigenvalue weighted by Crippen LogP contribution is -2.18. The first-order valence-corrected chi connectivity index (χ1v) is 10.7. The van der Waals surface area contributed by atoms with Gasteiger partial charge in [0.15, 0.2) is 0 Å². The van der Waals surface area contributed by atoms with Crippen LogP contribution in [0.3, 0.4) is 0 Å². The fourth-order valence-electron chi connectivity index (χ4n) is 4.75. The molecule has 0 nitrogen and oxygen atoms in total. The lowest BCUT2D eigenvalue weighted by molar-refractivity contribution is 0.215. The van der Waals surface area contributed by atoms with Gasteiger partial charge in [-0.1, -0.05) is 92.4 Å². The van der Waals surface area contributed by atoms with Gasteiger partial charge in [-0.3, -0.25) is 0 Å². The van der Waals surface area contributed by atoms with Crippen LogP contribution in [0.15, 0.2) is 0 Å². The molecule has 5 unspecified atom stereocenters. The first-order valence-electron chi connectivity index (χ1n) is 10.7. The number of rotatable bonds is 5. The Morgan fingerprint density at radius 1 is 0.435 bits per heavy atom. The van der Waals surface area contributed by atoms with Gasteiger partial charge in [0.05, 0.1) is 0 Å². The Kier molecular flexibility index (Phi) is 13.9. The first-order chi connectivity index (χ1) is 10.7. The van der Waals surface area contributed by atoms with Crippen LogP contribution in [0.2, 0.25) is 0 Å². The molecule has 0 N–H and O–H groups in total. The predicted molar refractivity (Wildman–Crippen MR) is 112 cm³/mol. The van der Waals surface area contributed by atoms with Crippen molar-refractivity contribution in [3.8, 4) is 0 Å². The van der Waals surface area contributed by atoms with Crippen molar-refractivity contribution in [2.24, 2.45) is 29.6 Å². The quantitative estimate of drug-likeness (QED) is 0.445. The van der Waals surface area contributed by atoms with E-state index in [1.165, 1.54) is 77.0 Å². The third-order valence-corrected chi connectivity index (χ3v) is 6.85. The average Bonchev–Trinajstić information content (AvgIpc) is 2.55. The second kappa shape index (κ2) is 13.7. The Hall–Kier alpha value is 0.430. The van der Waals surface area contributed by atoms with Crippen molar-refractivity contribution in [1.29, 1.82) is 0 Å². The topological polar surface area (TPSA) is 0 Å². The summed E-state index contributed by atoms with van der Waals surface area (Å²) < 4.78 is 0. The highest BCUT2D eigenvalue weighted by Crippen LogP contribution is 2.36. The van der Waals surface area contributed by atoms with Crippen LogP contribution in [0.4, 0.5) is 0 Å². The maximum absolute atomic E-state index is 2.43. The highest BCUT2D eigenvalue weighted by molar-refractivity contribution is 6.92. The molecule has 0 aromatic carbocycles. The second-order valence-electron chi connectivity index (χ2n) is 8.23. The van der Waals surface area contributed by atoms with E-state index in [0.717, 1.165) is 29.6 Å². The van der Waals surface area contributed by atoms with Crippen molar-refractivity contribution in [1.82, 2.24) is 0 Å². The lowest BCUT2D eigenvalue weighted by atomic mass is 9.75. The molecule has 0 aromatic rings. The van der Waals surface area contributed by atoms with E-state index in [-0.39, 0.29) is 9.90 Å². The van der Waals surface area contributed by atoms with Gasteiger partial charge in [-0.15, -0.1) is 0 Å². The van der Waals surface area contributed by atoms with Crippen LogP contribution < -0.4 is 0 Å². The summed E-state index contributed by atoms with van der Waals surface area (Å²) in [7, 11) is 0. The molecule has 140 valence electrons. The Balaban J connectivity index is 0.00000484. The third-order valence-electron chi connectivity index (χ3n) is 6.85. The second-order valence-corrected chi connectivity index (χ2v) is 8.23. The highest BCUT2D eigenvalue weighted by atomic mass is 31.0. The normalized spacial score (nSPS) is 34.0. The number of hydrogen-bond acceptors (Lipinski definition) is 0. The summed E-state index contributed by atoms with van der Waals surface area (Å²) in [5.74, 6) is 4.98. The number of hydrogen-bond donors (Lipinski definition) is 0. The Bertz CT molecular complexity index is 239. The van der Waals surface area contributed by atoms with Crippen LogP contribution in [0.25, 0.3) is 0 Å². The van der Waals surface area contributed by atoms with E-state index in [4.69, 9.17) is 0 Å². The van der Waals surface area contributed by atoms with Gasteiger partial charge in [0.1, 0.15) is 0 Å². The summed E-state index contributed by atoms with van der Waals surface area (Å²) in [4.78, 5) is 0. The zero-order valence-electron chi connectivity index (χ0n) is 17.1. The molecular formula is C22H47P. The van der Waals surface area contributed by atoms with E-state index < -0.39 is 0 Å². The van der Waals surface area contributed by atoms with Crippen LogP contribution in [0.1, 0.15) is 112 Å². The van der Waals surface area contributed by atoms with Gasteiger partial charge >= 0.3 is 0 Å². The molecule has 5 atom stereocenters. The maximum Gasteiger partial charge on any atom is -0.0412 e. The molecule has 1 saturated carbocycles. The van der Waals surface area contributed by atoms with Gasteiger partial charge in [-0.25, -0.2) is 0 Å². The minimum atomic E-state index is 0. The molecule has 0 aromatic heterocycles. The molecule has 0 saturated heterocycles. The van der Waals surface area contributed by atoms with Crippen LogP contribution >= 0.6 is 9.90 Å². The zero-order chi connectivity index (χ0) is 16.4. The van der Waals surface area contributed by atoms with Crippen molar-refractivity contribution >= 4 is 9.90 Å². The molecule has 23 heavy (non-hydrogen) atoms. The van der Waals surface area contributed by atoms with Gasteiger partial charge in [0, 0.05) is 0 Å². The van der Waals surface area contributed by atoms with Gasteiger partial charge < -0.3 is 0 Å². The minimum Gasteiger partial charge on any atom is -0.153 e. The van der Waals surface area contributed by atoms with Gasteiger partial charge in [-0.2, -0.15) is 9.90 Å². The largest absolute Gasteiger partial charge is 0.153 e. The van der Waals surface area contributed by atoms with E-state index in [9.17, 15) is 0 Å². The van der Waals surface area contributed by atoms with E-state index in [0.29, 0.717) is 0 Å². The summed E-state index contributed by atoms with van der Waals surface area (Å²) in [6.07, 6.45) is 17.5. The predicted octanol–water partition coefficient (Wildman–Crippen LogP) is 7.92. The van der Waals surface area contributed by atoms with E-state index >= 15 is 0 Å². The molecular weight excluding hydrogens is 295 g/mol. The molecule has 0 aliphatic heterocycles. The molecule has 1 heteroatoms. The van der Waals surface area contributed by atoms with Crippen LogP contribution in [-0.2, 0) is 0 Å². The fraction of sp³-hybridized carbons (Fsp3) is 1.00. The molecule has 0 radical (unpaired) electrons. The van der Waals surface area contributed by atoms with Crippen molar-refractivity contribution < 1.29 is 0 Å². The van der Waals surface area contributed by atoms with Crippen molar-refractivity contribution in [3.63, 3.8) is 0 Å². The van der Waals surface area contributed by atoms with Gasteiger partial charge in [-0.05, 0) is 48.9 Å². The Morgan fingerprint density at radius 2 is 0.696 bits per heavy atom. The average molecular weight is 343 g/mol. The fourth-order valence-corrected chi connectivity index (χ4v) is 4.75. The molecule has 0 bridgehead atoms. The Morgan fingerprint density at radius 3 is 1.00 bits per heavy atom. The maximum atomic E-state index is 2.43. The van der Waals surface area contributed by atoms with Crippen LogP contribution in [-0.4, -0.2) is 0 Å². The highest BCUT2D eigenvalue weighted by Gasteiger charge is 2.23. The molecule has 0 spiro atoms. The van der Waals surface area contributed by atoms with Crippen molar-refractivity contribution in [3.05, 3.63) is 0 Å². The summed E-state index contributed by atoms with van der Waals surface area (Å²) in [6, 6.07) is 0. The van der Waals surface area contributed by atoms with E-state index in [1.807, 2.05) is 0 Å². The van der Waals surface area contributed by atoms with Gasteiger partial charge in [0.2, 0.25) is 0 Å². The van der Waals surface area contributed by atoms with E-state index in [1.54, 1.807) is 0 Å². The minimum absolute atomic E-state index is 0. The van der Waals surface area contributed by atoms with Gasteiger partial charge in [0.25, 0.3) is 0 Å². The SMILES string of the molecule is CCC1CCC(CC)CC(CC)CC(CC)CC(CC)CC1.P. The van der Waals surface area contributed by atoms with Crippen molar-refractivity contribution in [2.45, 2.75) is 112 Å². The zero-order valence-corrected chi connectivity index (χ0v) is 18.5. The molecule has 0 amide bonds. The molecule has 1 fully saturated rings. The van der Waals surface area contributed by atoms with Crippen molar-refractivity contribution in [2.75, 3.05) is 0 Å². The standard InChI is InChI=1S/C22H44.H3P/c1-6-18-11-13-19(7-2)15-21(9-4)17-22(10-5)16-20(8-3)14-12-18;/h18-22H,6-17H2,1-5H3;1H3. The summed E-state index contributed by atoms with van der Waals surface area (Å²) >= 11 is 0. The summed E-state index contributed by atoms with van der Waals surface area (Å²) in [5, 5.41) is 0. The van der Waals surface area contributed by atoms with Crippen LogP contribution in [0.5, 0.6) is 0 Å². The summed E-state index contributed by atoms with van der Waals surface area (Å²) in [5.41, 5.74) is 0. The molecule has 0 heterocycles. The van der Waals surface area contributed by atoms with E-state index in [2.05, 4.69) is 34.6 Å². The summed E-state index contributed by atoms with van der Waals surface area (Å²) in [6.45, 7) is 12.1.